The van der Waals surface area contributed by atoms with E-state index in [1.54, 1.807) is 0 Å². The first-order valence-corrected chi connectivity index (χ1v) is 6.32. The van der Waals surface area contributed by atoms with Crippen LogP contribution in [0.4, 0.5) is 0 Å². The molecule has 3 nitrogen and oxygen atoms in total. The predicted molar refractivity (Wildman–Crippen MR) is 74.7 cm³/mol. The van der Waals surface area contributed by atoms with Crippen LogP contribution < -0.4 is 0 Å². The Morgan fingerprint density at radius 1 is 0.778 bits per heavy atom. The molecule has 0 amide bonds. The molecule has 0 aliphatic heterocycles. The Balaban J connectivity index is 2.83. The number of aromatic nitrogens is 3. The first kappa shape index (κ1) is 12.9. The van der Waals surface area contributed by atoms with E-state index in [2.05, 4.69) is 56.7 Å². The molecule has 0 aromatic carbocycles. The van der Waals surface area contributed by atoms with Gasteiger partial charge in [-0.15, -0.1) is 0 Å². The van der Waals surface area contributed by atoms with Crippen molar-refractivity contribution < 1.29 is 0 Å². The zero-order valence-electron chi connectivity index (χ0n) is 12.1. The lowest BCUT2D eigenvalue weighted by Gasteiger charge is -2.23. The van der Waals surface area contributed by atoms with Crippen molar-refractivity contribution in [1.82, 2.24) is 15.2 Å². The first-order valence-electron chi connectivity index (χ1n) is 6.32. The summed E-state index contributed by atoms with van der Waals surface area (Å²) in [6.07, 6.45) is 3.73. The maximum atomic E-state index is 4.47. The van der Waals surface area contributed by atoms with Crippen LogP contribution in [0.5, 0.6) is 0 Å². The van der Waals surface area contributed by atoms with E-state index in [4.69, 9.17) is 0 Å². The van der Waals surface area contributed by atoms with Crippen LogP contribution in [0.2, 0.25) is 0 Å². The molecule has 0 atom stereocenters. The monoisotopic (exact) mass is 243 g/mol. The smallest absolute Gasteiger partial charge is 0.0778 e. The molecule has 0 aliphatic rings. The second-order valence-electron chi connectivity index (χ2n) is 6.82. The number of pyridine rings is 1. The fourth-order valence-electron chi connectivity index (χ4n) is 2.11. The molecule has 96 valence electrons. The Morgan fingerprint density at radius 3 is 1.78 bits per heavy atom. The van der Waals surface area contributed by atoms with Gasteiger partial charge in [-0.1, -0.05) is 41.5 Å². The van der Waals surface area contributed by atoms with Crippen molar-refractivity contribution in [3.8, 4) is 0 Å². The lowest BCUT2D eigenvalue weighted by molar-refractivity contribution is 0.537. The zero-order valence-corrected chi connectivity index (χ0v) is 12.1. The van der Waals surface area contributed by atoms with Crippen molar-refractivity contribution in [3.05, 3.63) is 29.8 Å². The molecule has 0 fully saturated rings. The van der Waals surface area contributed by atoms with Gasteiger partial charge < -0.3 is 0 Å². The maximum Gasteiger partial charge on any atom is 0.0778 e. The highest BCUT2D eigenvalue weighted by Gasteiger charge is 2.25. The normalized spacial score (nSPS) is 13.0. The minimum absolute atomic E-state index is 0.0109. The second-order valence-corrected chi connectivity index (χ2v) is 6.82. The number of hydrogen-bond donors (Lipinski definition) is 0. The zero-order chi connectivity index (χ0) is 13.6. The Morgan fingerprint density at radius 2 is 1.28 bits per heavy atom. The molecular weight excluding hydrogens is 222 g/mol. The predicted octanol–water partition coefficient (Wildman–Crippen LogP) is 3.62. The molecule has 2 heterocycles. The fourth-order valence-corrected chi connectivity index (χ4v) is 2.11. The van der Waals surface area contributed by atoms with E-state index >= 15 is 0 Å². The van der Waals surface area contributed by atoms with Gasteiger partial charge in [-0.25, -0.2) is 0 Å². The summed E-state index contributed by atoms with van der Waals surface area (Å²) in [4.78, 5) is 4.24. The van der Waals surface area contributed by atoms with Gasteiger partial charge >= 0.3 is 0 Å². The minimum atomic E-state index is -0.0231. The van der Waals surface area contributed by atoms with Gasteiger partial charge in [0, 0.05) is 34.0 Å². The topological polar surface area (TPSA) is 38.7 Å². The third-order valence-electron chi connectivity index (χ3n) is 3.00. The summed E-state index contributed by atoms with van der Waals surface area (Å²) in [6, 6.07) is 2.04. The van der Waals surface area contributed by atoms with Crippen LogP contribution in [0, 0.1) is 0 Å². The first-order chi connectivity index (χ1) is 8.21. The van der Waals surface area contributed by atoms with E-state index in [9.17, 15) is 0 Å². The highest BCUT2D eigenvalue weighted by Crippen LogP contribution is 2.32. The van der Waals surface area contributed by atoms with Crippen LogP contribution in [0.1, 0.15) is 52.9 Å². The fraction of sp³-hybridized carbons (Fsp3) is 0.533. The van der Waals surface area contributed by atoms with E-state index in [-0.39, 0.29) is 10.8 Å². The number of fused-ring (bicyclic) bond motifs is 1. The summed E-state index contributed by atoms with van der Waals surface area (Å²) in [5.41, 5.74) is 2.01. The molecule has 2 aromatic rings. The second kappa shape index (κ2) is 4.01. The highest BCUT2D eigenvalue weighted by molar-refractivity contribution is 5.86. The maximum absolute atomic E-state index is 4.47. The summed E-state index contributed by atoms with van der Waals surface area (Å²) in [6.45, 7) is 12.9. The van der Waals surface area contributed by atoms with Crippen molar-refractivity contribution >= 4 is 10.8 Å². The van der Waals surface area contributed by atoms with Gasteiger partial charge in [0.15, 0.2) is 0 Å². The molecule has 0 N–H and O–H groups in total. The molecule has 0 saturated carbocycles. The Bertz CT molecular complexity index is 522. The minimum Gasteiger partial charge on any atom is -0.264 e. The van der Waals surface area contributed by atoms with Gasteiger partial charge in [0.2, 0.25) is 0 Å². The Labute approximate surface area is 109 Å². The quantitative estimate of drug-likeness (QED) is 0.709. The van der Waals surface area contributed by atoms with E-state index in [1.165, 1.54) is 0 Å². The van der Waals surface area contributed by atoms with Gasteiger partial charge in [-0.3, -0.25) is 4.98 Å². The van der Waals surface area contributed by atoms with E-state index < -0.39 is 0 Å². The summed E-state index contributed by atoms with van der Waals surface area (Å²) >= 11 is 0. The molecule has 3 heteroatoms. The molecule has 2 rings (SSSR count). The molecule has 2 aromatic heterocycles. The van der Waals surface area contributed by atoms with Crippen molar-refractivity contribution in [3.63, 3.8) is 0 Å². The van der Waals surface area contributed by atoms with Gasteiger partial charge in [0.1, 0.15) is 0 Å². The molecule has 0 bridgehead atoms. The molecule has 18 heavy (non-hydrogen) atoms. The average molecular weight is 243 g/mol. The summed E-state index contributed by atoms with van der Waals surface area (Å²) in [5, 5.41) is 11.2. The lowest BCUT2D eigenvalue weighted by Crippen LogP contribution is -2.20. The Kier molecular flexibility index (Phi) is 2.88. The third kappa shape index (κ3) is 2.22. The third-order valence-corrected chi connectivity index (χ3v) is 3.00. The largest absolute Gasteiger partial charge is 0.264 e. The summed E-state index contributed by atoms with van der Waals surface area (Å²) in [5.74, 6) is 0. The van der Waals surface area contributed by atoms with Gasteiger partial charge in [-0.2, -0.15) is 10.2 Å². The molecular formula is C15H21N3. The molecule has 0 saturated heterocycles. The lowest BCUT2D eigenvalue weighted by atomic mass is 9.85. The van der Waals surface area contributed by atoms with Gasteiger partial charge in [0.05, 0.1) is 11.4 Å². The summed E-state index contributed by atoms with van der Waals surface area (Å²) < 4.78 is 0. The number of hydrogen-bond acceptors (Lipinski definition) is 3. The van der Waals surface area contributed by atoms with Crippen LogP contribution in [-0.2, 0) is 10.8 Å². The van der Waals surface area contributed by atoms with Crippen LogP contribution in [0.3, 0.4) is 0 Å². The van der Waals surface area contributed by atoms with Crippen molar-refractivity contribution in [1.29, 1.82) is 0 Å². The van der Waals surface area contributed by atoms with E-state index in [0.29, 0.717) is 0 Å². The van der Waals surface area contributed by atoms with Crippen molar-refractivity contribution in [2.45, 2.75) is 52.4 Å². The van der Waals surface area contributed by atoms with E-state index in [1.807, 2.05) is 18.5 Å². The van der Waals surface area contributed by atoms with Gasteiger partial charge in [0.25, 0.3) is 0 Å². The standard InChI is InChI=1S/C15H21N3/c1-14(2,3)12-10-7-8-16-9-11(10)13(18-17-12)15(4,5)6/h7-9H,1-6H3. The van der Waals surface area contributed by atoms with Crippen LogP contribution in [0.15, 0.2) is 18.5 Å². The molecule has 0 unspecified atom stereocenters. The summed E-state index contributed by atoms with van der Waals surface area (Å²) in [7, 11) is 0. The number of nitrogens with zero attached hydrogens (tertiary/aromatic N) is 3. The van der Waals surface area contributed by atoms with Crippen molar-refractivity contribution in [2.75, 3.05) is 0 Å². The molecule has 0 spiro atoms. The number of rotatable bonds is 0. The van der Waals surface area contributed by atoms with Crippen LogP contribution in [0.25, 0.3) is 10.8 Å². The SMILES string of the molecule is CC(C)(C)c1nnc(C(C)(C)C)c2cnccc12. The van der Waals surface area contributed by atoms with Crippen LogP contribution >= 0.6 is 0 Å². The van der Waals surface area contributed by atoms with Crippen molar-refractivity contribution in [2.24, 2.45) is 0 Å². The highest BCUT2D eigenvalue weighted by atomic mass is 15.1. The van der Waals surface area contributed by atoms with Gasteiger partial charge in [-0.05, 0) is 6.07 Å². The van der Waals surface area contributed by atoms with Crippen LogP contribution in [-0.4, -0.2) is 15.2 Å². The van der Waals surface area contributed by atoms with E-state index in [0.717, 1.165) is 22.2 Å². The molecule has 0 radical (unpaired) electrons. The average Bonchev–Trinajstić information content (AvgIpc) is 2.24. The molecule has 0 aliphatic carbocycles. The Hall–Kier alpha value is -1.51.